The van der Waals surface area contributed by atoms with Crippen LogP contribution in [0.15, 0.2) is 24.3 Å². The van der Waals surface area contributed by atoms with E-state index >= 15 is 0 Å². The van der Waals surface area contributed by atoms with Crippen LogP contribution < -0.4 is 0 Å². The largest absolute Gasteiger partial charge is 0.198 e. The summed E-state index contributed by atoms with van der Waals surface area (Å²) in [5.74, 6) is 0.814. The first-order chi connectivity index (χ1) is 6.36. The van der Waals surface area contributed by atoms with Crippen LogP contribution in [0, 0.1) is 17.2 Å². The summed E-state index contributed by atoms with van der Waals surface area (Å²) < 4.78 is 0. The van der Waals surface area contributed by atoms with Crippen molar-refractivity contribution in [2.45, 2.75) is 25.7 Å². The molecule has 0 saturated heterocycles. The smallest absolute Gasteiger partial charge is 0.0662 e. The van der Waals surface area contributed by atoms with Crippen molar-refractivity contribution in [2.75, 3.05) is 0 Å². The van der Waals surface area contributed by atoms with E-state index in [1.54, 1.807) is 0 Å². The highest BCUT2D eigenvalue weighted by atomic mass is 14.4. The molecule has 0 heterocycles. The summed E-state index contributed by atoms with van der Waals surface area (Å²) in [5.41, 5.74) is 2.81. The third kappa shape index (κ3) is 1.45. The number of hydrogen-bond donors (Lipinski definition) is 0. The molecule has 0 aromatic heterocycles. The van der Waals surface area contributed by atoms with E-state index in [0.717, 1.165) is 12.8 Å². The lowest BCUT2D eigenvalue weighted by Crippen LogP contribution is -1.90. The van der Waals surface area contributed by atoms with E-state index in [4.69, 9.17) is 5.26 Å². The second-order valence-corrected chi connectivity index (χ2v) is 3.63. The van der Waals surface area contributed by atoms with E-state index in [1.807, 2.05) is 0 Å². The van der Waals surface area contributed by atoms with Crippen LogP contribution in [0.4, 0.5) is 0 Å². The summed E-state index contributed by atoms with van der Waals surface area (Å²) in [6, 6.07) is 10.8. The SMILES string of the molecule is CCc1ccccc1C1CC1C#N. The molecule has 66 valence electrons. The Labute approximate surface area is 79.0 Å². The van der Waals surface area contributed by atoms with E-state index in [2.05, 4.69) is 37.3 Å². The van der Waals surface area contributed by atoms with Gasteiger partial charge in [0.1, 0.15) is 0 Å². The zero-order valence-corrected chi connectivity index (χ0v) is 7.83. The zero-order chi connectivity index (χ0) is 9.26. The lowest BCUT2D eigenvalue weighted by molar-refractivity contribution is 0.977. The van der Waals surface area contributed by atoms with Gasteiger partial charge in [-0.05, 0) is 24.0 Å². The van der Waals surface area contributed by atoms with Crippen molar-refractivity contribution in [1.29, 1.82) is 5.26 Å². The fraction of sp³-hybridized carbons (Fsp3) is 0.417. The molecule has 0 N–H and O–H groups in total. The van der Waals surface area contributed by atoms with Gasteiger partial charge in [0.2, 0.25) is 0 Å². The molecular weight excluding hydrogens is 158 g/mol. The normalized spacial score (nSPS) is 25.2. The van der Waals surface area contributed by atoms with Crippen LogP contribution in [0.25, 0.3) is 0 Å². The maximum absolute atomic E-state index is 8.75. The van der Waals surface area contributed by atoms with E-state index in [0.29, 0.717) is 5.92 Å². The highest BCUT2D eigenvalue weighted by Crippen LogP contribution is 2.47. The third-order valence-corrected chi connectivity index (χ3v) is 2.79. The van der Waals surface area contributed by atoms with Gasteiger partial charge in [-0.1, -0.05) is 31.2 Å². The Morgan fingerprint density at radius 3 is 2.85 bits per heavy atom. The maximum Gasteiger partial charge on any atom is 0.0662 e. The number of benzene rings is 1. The molecule has 1 aromatic rings. The van der Waals surface area contributed by atoms with Gasteiger partial charge in [0.25, 0.3) is 0 Å². The van der Waals surface area contributed by atoms with Gasteiger partial charge in [-0.25, -0.2) is 0 Å². The summed E-state index contributed by atoms with van der Waals surface area (Å²) in [6.07, 6.45) is 2.14. The number of aryl methyl sites for hydroxylation is 1. The summed E-state index contributed by atoms with van der Waals surface area (Å²) in [7, 11) is 0. The molecule has 0 aliphatic heterocycles. The average molecular weight is 171 g/mol. The van der Waals surface area contributed by atoms with Gasteiger partial charge in [-0.15, -0.1) is 0 Å². The van der Waals surface area contributed by atoms with Crippen molar-refractivity contribution in [3.63, 3.8) is 0 Å². The van der Waals surface area contributed by atoms with Gasteiger partial charge in [-0.2, -0.15) is 5.26 Å². The molecular formula is C12H13N. The van der Waals surface area contributed by atoms with Gasteiger partial charge in [-0.3, -0.25) is 0 Å². The molecule has 0 spiro atoms. The average Bonchev–Trinajstić information content (AvgIpc) is 2.96. The molecule has 2 atom stereocenters. The second kappa shape index (κ2) is 3.22. The van der Waals surface area contributed by atoms with E-state index in [-0.39, 0.29) is 5.92 Å². The number of nitrogens with zero attached hydrogens (tertiary/aromatic N) is 1. The molecule has 1 aliphatic carbocycles. The first-order valence-corrected chi connectivity index (χ1v) is 4.84. The van der Waals surface area contributed by atoms with Crippen LogP contribution in [0.3, 0.4) is 0 Å². The lowest BCUT2D eigenvalue weighted by Gasteiger charge is -2.04. The fourth-order valence-corrected chi connectivity index (χ4v) is 1.90. The molecule has 1 aliphatic rings. The molecule has 13 heavy (non-hydrogen) atoms. The third-order valence-electron chi connectivity index (χ3n) is 2.79. The topological polar surface area (TPSA) is 23.8 Å². The van der Waals surface area contributed by atoms with Crippen molar-refractivity contribution < 1.29 is 0 Å². The first-order valence-electron chi connectivity index (χ1n) is 4.84. The fourth-order valence-electron chi connectivity index (χ4n) is 1.90. The second-order valence-electron chi connectivity index (χ2n) is 3.63. The monoisotopic (exact) mass is 171 g/mol. The first kappa shape index (κ1) is 8.31. The Kier molecular flexibility index (Phi) is 2.06. The Hall–Kier alpha value is -1.29. The predicted molar refractivity (Wildman–Crippen MR) is 52.3 cm³/mol. The van der Waals surface area contributed by atoms with Gasteiger partial charge < -0.3 is 0 Å². The van der Waals surface area contributed by atoms with E-state index in [1.165, 1.54) is 11.1 Å². The standard InChI is InChI=1S/C12H13N/c1-2-9-5-3-4-6-11(9)12-7-10(12)8-13/h3-6,10,12H,2,7H2,1H3. The Bertz CT molecular complexity index is 348. The van der Waals surface area contributed by atoms with Crippen molar-refractivity contribution in [1.82, 2.24) is 0 Å². The van der Waals surface area contributed by atoms with Gasteiger partial charge >= 0.3 is 0 Å². The highest BCUT2D eigenvalue weighted by molar-refractivity contribution is 5.36. The Balaban J connectivity index is 2.26. The Morgan fingerprint density at radius 1 is 1.46 bits per heavy atom. The van der Waals surface area contributed by atoms with Crippen LogP contribution in [0.1, 0.15) is 30.4 Å². The molecule has 2 rings (SSSR count). The maximum atomic E-state index is 8.75. The Morgan fingerprint density at radius 2 is 2.23 bits per heavy atom. The van der Waals surface area contributed by atoms with Crippen LogP contribution in [0.2, 0.25) is 0 Å². The molecule has 1 nitrogen and oxygen atoms in total. The van der Waals surface area contributed by atoms with Crippen LogP contribution in [-0.2, 0) is 6.42 Å². The minimum Gasteiger partial charge on any atom is -0.198 e. The molecule has 1 aromatic carbocycles. The molecule has 1 heteroatoms. The van der Waals surface area contributed by atoms with Crippen LogP contribution >= 0.6 is 0 Å². The van der Waals surface area contributed by atoms with E-state index < -0.39 is 0 Å². The molecule has 2 unspecified atom stereocenters. The molecule has 0 amide bonds. The number of rotatable bonds is 2. The van der Waals surface area contributed by atoms with Crippen LogP contribution in [-0.4, -0.2) is 0 Å². The lowest BCUT2D eigenvalue weighted by atomic mass is 10.0. The van der Waals surface area contributed by atoms with E-state index in [9.17, 15) is 0 Å². The minimum absolute atomic E-state index is 0.285. The van der Waals surface area contributed by atoms with Crippen molar-refractivity contribution in [3.8, 4) is 6.07 Å². The van der Waals surface area contributed by atoms with Gasteiger partial charge in [0.05, 0.1) is 12.0 Å². The summed E-state index contributed by atoms with van der Waals surface area (Å²) in [6.45, 7) is 2.17. The highest BCUT2D eigenvalue weighted by Gasteiger charge is 2.39. The molecule has 1 saturated carbocycles. The molecule has 1 fully saturated rings. The molecule has 0 bridgehead atoms. The summed E-state index contributed by atoms with van der Waals surface area (Å²) >= 11 is 0. The minimum atomic E-state index is 0.285. The van der Waals surface area contributed by atoms with Crippen molar-refractivity contribution in [2.24, 2.45) is 5.92 Å². The van der Waals surface area contributed by atoms with Gasteiger partial charge in [0.15, 0.2) is 0 Å². The number of nitriles is 1. The summed E-state index contributed by atoms with van der Waals surface area (Å²) in [5, 5.41) is 8.75. The zero-order valence-electron chi connectivity index (χ0n) is 7.83. The van der Waals surface area contributed by atoms with Crippen molar-refractivity contribution in [3.05, 3.63) is 35.4 Å². The quantitative estimate of drug-likeness (QED) is 0.671. The van der Waals surface area contributed by atoms with Crippen LogP contribution in [0.5, 0.6) is 0 Å². The predicted octanol–water partition coefficient (Wildman–Crippen LogP) is 2.88. The molecule has 0 radical (unpaired) electrons. The van der Waals surface area contributed by atoms with Gasteiger partial charge in [0, 0.05) is 5.92 Å². The summed E-state index contributed by atoms with van der Waals surface area (Å²) in [4.78, 5) is 0. The number of hydrogen-bond acceptors (Lipinski definition) is 1. The van der Waals surface area contributed by atoms with Crippen molar-refractivity contribution >= 4 is 0 Å².